The molecule has 0 radical (unpaired) electrons. The summed E-state index contributed by atoms with van der Waals surface area (Å²) in [5, 5.41) is 8.45. The molecule has 0 amide bonds. The van der Waals surface area contributed by atoms with Crippen LogP contribution in [0, 0.1) is 0 Å². The Labute approximate surface area is 76.9 Å². The van der Waals surface area contributed by atoms with Gasteiger partial charge in [0.1, 0.15) is 0 Å². The van der Waals surface area contributed by atoms with E-state index in [-0.39, 0.29) is 6.61 Å². The zero-order chi connectivity index (χ0) is 9.94. The molecule has 0 aliphatic heterocycles. The summed E-state index contributed by atoms with van der Waals surface area (Å²) in [4.78, 5) is 13.1. The summed E-state index contributed by atoms with van der Waals surface area (Å²) in [6.45, 7) is 0.535. The third-order valence-corrected chi connectivity index (χ3v) is 1.46. The van der Waals surface area contributed by atoms with Crippen LogP contribution in [0.4, 0.5) is 0 Å². The van der Waals surface area contributed by atoms with Crippen LogP contribution >= 0.6 is 0 Å². The van der Waals surface area contributed by atoms with Crippen LogP contribution in [0.3, 0.4) is 0 Å². The molecule has 0 aliphatic rings. The Morgan fingerprint density at radius 1 is 1.38 bits per heavy atom. The maximum absolute atomic E-state index is 10.6. The highest BCUT2D eigenvalue weighted by Gasteiger charge is 2.01. The van der Waals surface area contributed by atoms with Gasteiger partial charge in [0.15, 0.2) is 0 Å². The van der Waals surface area contributed by atoms with Crippen molar-refractivity contribution in [2.24, 2.45) is 0 Å². The lowest BCUT2D eigenvalue weighted by Gasteiger charge is -1.99. The molecular formula is C8H14N2O3. The number of hydrogen-bond acceptors (Lipinski definition) is 3. The molecule has 0 rings (SSSR count). The van der Waals surface area contributed by atoms with E-state index < -0.39 is 5.97 Å². The van der Waals surface area contributed by atoms with Crippen molar-refractivity contribution < 1.29 is 19.4 Å². The van der Waals surface area contributed by atoms with E-state index in [1.165, 1.54) is 0 Å². The van der Waals surface area contributed by atoms with Crippen molar-refractivity contribution in [2.45, 2.75) is 25.7 Å². The molecule has 0 spiro atoms. The molecule has 0 atom stereocenters. The molecule has 0 unspecified atom stereocenters. The molecule has 5 nitrogen and oxygen atoms in total. The second kappa shape index (κ2) is 8.90. The van der Waals surface area contributed by atoms with E-state index in [0.29, 0.717) is 12.8 Å². The lowest BCUT2D eigenvalue weighted by atomic mass is 10.2. The molecule has 5 heteroatoms. The normalized spacial score (nSPS) is 9.00. The fraction of sp³-hybridized carbons (Fsp3) is 0.750. The highest BCUT2D eigenvalue weighted by Crippen LogP contribution is 1.98. The predicted octanol–water partition coefficient (Wildman–Crippen LogP) is 0.383. The first-order chi connectivity index (χ1) is 6.31. The van der Waals surface area contributed by atoms with Crippen LogP contribution in [0.1, 0.15) is 25.7 Å². The van der Waals surface area contributed by atoms with E-state index in [4.69, 9.17) is 10.6 Å². The van der Waals surface area contributed by atoms with Crippen molar-refractivity contribution in [1.82, 2.24) is 0 Å². The summed E-state index contributed by atoms with van der Waals surface area (Å²) >= 11 is 0. The summed E-state index contributed by atoms with van der Waals surface area (Å²) in [5.41, 5.74) is 7.95. The van der Waals surface area contributed by atoms with E-state index in [2.05, 4.69) is 9.53 Å². The molecule has 0 fully saturated rings. The molecule has 0 aromatic carbocycles. The number of unbranched alkanes of at least 4 members (excludes halogenated alkanes) is 3. The molecule has 0 aromatic rings. The van der Waals surface area contributed by atoms with Crippen molar-refractivity contribution in [1.29, 1.82) is 0 Å². The standard InChI is InChI=1S/C8H14N2O3/c9-10-7-8(12)13-6-4-2-1-3-5-11/h7,11H,1-6H2. The zero-order valence-electron chi connectivity index (χ0n) is 7.48. The van der Waals surface area contributed by atoms with Gasteiger partial charge < -0.3 is 15.4 Å². The van der Waals surface area contributed by atoms with Gasteiger partial charge in [-0.15, -0.1) is 0 Å². The Kier molecular flexibility index (Phi) is 8.09. The SMILES string of the molecule is [N-]=[N+]=CC(=O)OCCCCCCO. The number of hydrogen-bond donors (Lipinski definition) is 1. The third-order valence-electron chi connectivity index (χ3n) is 1.46. The first-order valence-electron chi connectivity index (χ1n) is 4.26. The summed E-state index contributed by atoms with van der Waals surface area (Å²) in [7, 11) is 0. The number of nitrogens with zero attached hydrogens (tertiary/aromatic N) is 2. The van der Waals surface area contributed by atoms with Gasteiger partial charge in [-0.1, -0.05) is 6.42 Å². The van der Waals surface area contributed by atoms with Gasteiger partial charge in [0, 0.05) is 6.61 Å². The quantitative estimate of drug-likeness (QED) is 0.205. The Balaban J connectivity index is 3.16. The van der Waals surface area contributed by atoms with Crippen LogP contribution < -0.4 is 0 Å². The fourth-order valence-corrected chi connectivity index (χ4v) is 0.825. The Hall–Kier alpha value is -1.19. The van der Waals surface area contributed by atoms with E-state index in [9.17, 15) is 4.79 Å². The van der Waals surface area contributed by atoms with Gasteiger partial charge in [-0.2, -0.15) is 4.79 Å². The molecule has 0 heterocycles. The summed E-state index contributed by atoms with van der Waals surface area (Å²) in [5.74, 6) is -0.635. The van der Waals surface area contributed by atoms with Crippen molar-refractivity contribution in [3.8, 4) is 0 Å². The van der Waals surface area contributed by atoms with Crippen molar-refractivity contribution >= 4 is 12.2 Å². The molecule has 1 N–H and O–H groups in total. The van der Waals surface area contributed by atoms with Crippen molar-refractivity contribution in [3.05, 3.63) is 5.53 Å². The molecule has 74 valence electrons. The van der Waals surface area contributed by atoms with Gasteiger partial charge in [-0.3, -0.25) is 0 Å². The minimum atomic E-state index is -0.635. The van der Waals surface area contributed by atoms with E-state index >= 15 is 0 Å². The second-order valence-corrected chi connectivity index (χ2v) is 2.55. The number of ether oxygens (including phenoxy) is 1. The maximum Gasteiger partial charge on any atom is 0.413 e. The highest BCUT2D eigenvalue weighted by atomic mass is 16.5. The first-order valence-corrected chi connectivity index (χ1v) is 4.26. The Morgan fingerprint density at radius 3 is 2.69 bits per heavy atom. The van der Waals surface area contributed by atoms with Crippen LogP contribution in [0.2, 0.25) is 0 Å². The predicted molar refractivity (Wildman–Crippen MR) is 46.2 cm³/mol. The molecule has 0 saturated carbocycles. The van der Waals surface area contributed by atoms with Crippen LogP contribution in [0.15, 0.2) is 0 Å². The van der Waals surface area contributed by atoms with E-state index in [1.807, 2.05) is 0 Å². The minimum absolute atomic E-state index is 0.205. The number of rotatable bonds is 7. The molecule has 0 aromatic heterocycles. The molecule has 0 saturated heterocycles. The average Bonchev–Trinajstić information content (AvgIpc) is 2.11. The van der Waals surface area contributed by atoms with Gasteiger partial charge in [0.2, 0.25) is 0 Å². The third kappa shape index (κ3) is 8.72. The molecular weight excluding hydrogens is 172 g/mol. The lowest BCUT2D eigenvalue weighted by Crippen LogP contribution is -2.07. The van der Waals surface area contributed by atoms with E-state index in [0.717, 1.165) is 25.7 Å². The number of carbonyl (C=O) groups is 1. The molecule has 0 bridgehead atoms. The van der Waals surface area contributed by atoms with Gasteiger partial charge >= 0.3 is 12.2 Å². The minimum Gasteiger partial charge on any atom is -0.457 e. The van der Waals surface area contributed by atoms with Gasteiger partial charge in [0.05, 0.1) is 6.61 Å². The monoisotopic (exact) mass is 186 g/mol. The fourth-order valence-electron chi connectivity index (χ4n) is 0.825. The number of carbonyl (C=O) groups excluding carboxylic acids is 1. The number of aliphatic hydroxyl groups is 1. The smallest absolute Gasteiger partial charge is 0.413 e. The maximum atomic E-state index is 10.6. The topological polar surface area (TPSA) is 82.9 Å². The largest absolute Gasteiger partial charge is 0.457 e. The summed E-state index contributed by atoms with van der Waals surface area (Å²) < 4.78 is 4.65. The number of aliphatic hydroxyl groups excluding tert-OH is 1. The molecule has 0 aliphatic carbocycles. The number of esters is 1. The summed E-state index contributed by atoms with van der Waals surface area (Å²) in [6, 6.07) is 0. The van der Waals surface area contributed by atoms with Crippen molar-refractivity contribution in [3.63, 3.8) is 0 Å². The van der Waals surface area contributed by atoms with Gasteiger partial charge in [-0.25, -0.2) is 4.79 Å². The first kappa shape index (κ1) is 11.8. The second-order valence-electron chi connectivity index (χ2n) is 2.55. The summed E-state index contributed by atoms with van der Waals surface area (Å²) in [6.07, 6.45) is 4.12. The van der Waals surface area contributed by atoms with Gasteiger partial charge in [-0.05, 0) is 19.3 Å². The van der Waals surface area contributed by atoms with Crippen LogP contribution in [-0.2, 0) is 9.53 Å². The van der Waals surface area contributed by atoms with Crippen molar-refractivity contribution in [2.75, 3.05) is 13.2 Å². The molecule has 13 heavy (non-hydrogen) atoms. The van der Waals surface area contributed by atoms with E-state index in [1.54, 1.807) is 0 Å². The highest BCUT2D eigenvalue weighted by molar-refractivity contribution is 6.20. The average molecular weight is 186 g/mol. The van der Waals surface area contributed by atoms with Crippen LogP contribution in [-0.4, -0.2) is 35.3 Å². The lowest BCUT2D eigenvalue weighted by molar-refractivity contribution is -0.139. The van der Waals surface area contributed by atoms with Crippen LogP contribution in [0.25, 0.3) is 5.53 Å². The van der Waals surface area contributed by atoms with Crippen LogP contribution in [0.5, 0.6) is 0 Å². The Bertz CT molecular complexity index is 188. The van der Waals surface area contributed by atoms with Gasteiger partial charge in [0.25, 0.3) is 0 Å². The Morgan fingerprint density at radius 2 is 2.08 bits per heavy atom. The zero-order valence-corrected chi connectivity index (χ0v) is 7.48.